The van der Waals surface area contributed by atoms with Crippen molar-refractivity contribution in [3.8, 4) is 0 Å². The van der Waals surface area contributed by atoms with E-state index in [1.165, 1.54) is 35.4 Å². The van der Waals surface area contributed by atoms with Gasteiger partial charge in [0.25, 0.3) is 0 Å². The first kappa shape index (κ1) is 42.5. The molecule has 0 heterocycles. The number of hydrogen-bond acceptors (Lipinski definition) is 4. The first-order chi connectivity index (χ1) is 23.0. The molecule has 0 aliphatic carbocycles. The Labute approximate surface area is 343 Å². The molecule has 2 radical (unpaired) electrons. The van der Waals surface area contributed by atoms with Crippen LogP contribution in [0.4, 0.5) is 0 Å². The van der Waals surface area contributed by atoms with Gasteiger partial charge >= 0.3 is 11.9 Å². The van der Waals surface area contributed by atoms with Crippen LogP contribution in [0.5, 0.6) is 0 Å². The van der Waals surface area contributed by atoms with E-state index in [1.54, 1.807) is 30.3 Å². The molecule has 0 aliphatic rings. The zero-order valence-corrected chi connectivity index (χ0v) is 35.3. The Morgan fingerprint density at radius 2 is 0.939 bits per heavy atom. The third-order valence-corrected chi connectivity index (χ3v) is 10.6. The smallest absolute Gasteiger partial charge is 0.313 e. The molecule has 8 heteroatoms. The molecule has 4 nitrogen and oxygen atoms in total. The van der Waals surface area contributed by atoms with E-state index in [2.05, 4.69) is 102 Å². The van der Waals surface area contributed by atoms with Gasteiger partial charge in [-0.1, -0.05) is 145 Å². The van der Waals surface area contributed by atoms with Crippen LogP contribution in [0, 0.1) is 19.1 Å². The van der Waals surface area contributed by atoms with Gasteiger partial charge in [0, 0.05) is 65.4 Å². The predicted octanol–water partition coefficient (Wildman–Crippen LogP) is 6.92. The van der Waals surface area contributed by atoms with E-state index in [0.29, 0.717) is 11.1 Å². The molecule has 6 rings (SSSR count). The Kier molecular flexibility index (Phi) is 20.5. The van der Waals surface area contributed by atoms with Crippen LogP contribution in [0.1, 0.15) is 26.3 Å². The van der Waals surface area contributed by atoms with E-state index < -0.39 is 7.92 Å². The van der Waals surface area contributed by atoms with Gasteiger partial charge in [-0.3, -0.25) is 0 Å². The molecule has 0 spiro atoms. The Morgan fingerprint density at radius 3 is 1.37 bits per heavy atom. The second kappa shape index (κ2) is 23.7. The molecule has 0 bridgehead atoms. The van der Waals surface area contributed by atoms with Crippen LogP contribution in [-0.4, -0.2) is 26.2 Å². The topological polar surface area (TPSA) is 52.6 Å². The average Bonchev–Trinajstić information content (AvgIpc) is 3.14. The van der Waals surface area contributed by atoms with Crippen molar-refractivity contribution in [1.29, 1.82) is 0 Å². The quantitative estimate of drug-likeness (QED) is 0.0997. The summed E-state index contributed by atoms with van der Waals surface area (Å²) in [5, 5.41) is 6.14. The molecule has 0 aromatic heterocycles. The van der Waals surface area contributed by atoms with E-state index in [9.17, 15) is 9.59 Å². The molecular weight excluding hydrogens is 796 g/mol. The molecule has 0 unspecified atom stereocenters. The normalized spacial score (nSPS) is 9.63. The number of hydrogen-bond donors (Lipinski definition) is 0. The number of benzene rings is 6. The van der Waals surface area contributed by atoms with Gasteiger partial charge < -0.3 is 9.47 Å². The Morgan fingerprint density at radius 1 is 0.551 bits per heavy atom. The van der Waals surface area contributed by atoms with E-state index in [-0.39, 0.29) is 77.4 Å². The number of methoxy groups -OCH3 is 2. The van der Waals surface area contributed by atoms with E-state index >= 15 is 0 Å². The summed E-state index contributed by atoms with van der Waals surface area (Å²) >= 11 is 0. The second-order valence-corrected chi connectivity index (χ2v) is 13.6. The van der Waals surface area contributed by atoms with Crippen LogP contribution in [0.2, 0.25) is 0 Å². The van der Waals surface area contributed by atoms with Crippen LogP contribution in [0.25, 0.3) is 0 Å². The van der Waals surface area contributed by atoms with Gasteiger partial charge in [0.15, 0.2) is 0 Å². The molecule has 6 aromatic rings. The van der Waals surface area contributed by atoms with E-state index in [0.717, 1.165) is 19.4 Å². The number of esters is 2. The van der Waals surface area contributed by atoms with Crippen molar-refractivity contribution in [2.75, 3.05) is 14.2 Å². The summed E-state index contributed by atoms with van der Waals surface area (Å²) in [5.74, 6) is -0.607. The predicted molar refractivity (Wildman–Crippen MR) is 197 cm³/mol. The molecular formula is C41H36O4P2Y2-2. The van der Waals surface area contributed by atoms with Gasteiger partial charge in [-0.05, 0) is 32.3 Å². The third kappa shape index (κ3) is 13.5. The third-order valence-electron chi connectivity index (χ3n) is 6.83. The molecule has 49 heavy (non-hydrogen) atoms. The first-order valence-electron chi connectivity index (χ1n) is 14.9. The van der Waals surface area contributed by atoms with Gasteiger partial charge in [-0.2, -0.15) is 48.5 Å². The first-order valence-corrected chi connectivity index (χ1v) is 17.3. The molecule has 0 N–H and O–H groups in total. The summed E-state index contributed by atoms with van der Waals surface area (Å²) in [4.78, 5) is 23.2. The summed E-state index contributed by atoms with van der Waals surface area (Å²) in [6.07, 6.45) is 0. The van der Waals surface area contributed by atoms with Gasteiger partial charge in [-0.25, -0.2) is 9.59 Å². The van der Waals surface area contributed by atoms with Gasteiger partial charge in [0.05, 0.1) is 14.2 Å². The minimum absolute atomic E-state index is 0. The van der Waals surface area contributed by atoms with Gasteiger partial charge in [0.2, 0.25) is 0 Å². The zero-order valence-electron chi connectivity index (χ0n) is 27.7. The maximum absolute atomic E-state index is 12.2. The summed E-state index contributed by atoms with van der Waals surface area (Å²) in [6, 6.07) is 58.2. The van der Waals surface area contributed by atoms with Crippen LogP contribution in [-0.2, 0) is 74.9 Å². The van der Waals surface area contributed by atoms with Crippen LogP contribution in [0.3, 0.4) is 0 Å². The van der Waals surface area contributed by atoms with Crippen molar-refractivity contribution in [3.05, 3.63) is 187 Å². The van der Waals surface area contributed by atoms with Crippen molar-refractivity contribution in [3.63, 3.8) is 0 Å². The largest absolute Gasteiger partial charge is 0.467 e. The summed E-state index contributed by atoms with van der Waals surface area (Å²) in [6.45, 7) is 1.85. The van der Waals surface area contributed by atoms with Crippen LogP contribution >= 0.6 is 16.5 Å². The molecule has 6 aromatic carbocycles. The minimum atomic E-state index is -0.837. The zero-order chi connectivity index (χ0) is 33.3. The van der Waals surface area contributed by atoms with Gasteiger partial charge in [0.1, 0.15) is 0 Å². The monoisotopic (exact) mass is 832 g/mol. The summed E-state index contributed by atoms with van der Waals surface area (Å²) in [5.41, 5.74) is 2.09. The van der Waals surface area contributed by atoms with Gasteiger partial charge in [-0.15, -0.1) is 10.9 Å². The van der Waals surface area contributed by atoms with Crippen molar-refractivity contribution in [1.82, 2.24) is 0 Å². The Bertz CT molecular complexity index is 1750. The second-order valence-electron chi connectivity index (χ2n) is 10.0. The fourth-order valence-corrected chi connectivity index (χ4v) is 7.99. The minimum Gasteiger partial charge on any atom is -0.467 e. The molecule has 0 saturated heterocycles. The van der Waals surface area contributed by atoms with Crippen molar-refractivity contribution < 1.29 is 84.5 Å². The van der Waals surface area contributed by atoms with Crippen molar-refractivity contribution >= 4 is 55.0 Å². The fraction of sp³-hybridized carbons (Fsp3) is 0.0732. The SMILES string of the molecule is COC(=O)c1cc[c-]cc1C.COC(=O)c1cc[c-]cc1P(c1ccccc1)c1ccccc1.[Y].[Y].c1ccc(Pc2ccccc2)cc1. The maximum atomic E-state index is 12.2. The molecule has 242 valence electrons. The molecule has 0 atom stereocenters. The molecule has 0 aliphatic heterocycles. The number of carbonyl (C=O) groups excluding carboxylic acids is 2. The fourth-order valence-electron chi connectivity index (χ4n) is 4.53. The molecule has 0 amide bonds. The molecule has 0 saturated carbocycles. The Hall–Kier alpha value is -2.67. The van der Waals surface area contributed by atoms with Crippen LogP contribution < -0.4 is 26.5 Å². The molecule has 0 fully saturated rings. The van der Waals surface area contributed by atoms with Crippen molar-refractivity contribution in [2.24, 2.45) is 0 Å². The van der Waals surface area contributed by atoms with Crippen LogP contribution in [0.15, 0.2) is 158 Å². The number of carbonyl (C=O) groups is 2. The summed E-state index contributed by atoms with van der Waals surface area (Å²) < 4.78 is 9.52. The number of aryl methyl sites for hydroxylation is 1. The van der Waals surface area contributed by atoms with E-state index in [4.69, 9.17) is 4.74 Å². The van der Waals surface area contributed by atoms with E-state index in [1.807, 2.05) is 49.4 Å². The van der Waals surface area contributed by atoms with Crippen molar-refractivity contribution in [2.45, 2.75) is 6.92 Å². The average molecular weight is 832 g/mol. The maximum Gasteiger partial charge on any atom is 0.313 e. The number of rotatable bonds is 7. The summed E-state index contributed by atoms with van der Waals surface area (Å²) in [7, 11) is 2.73. The number of ether oxygens (including phenoxy) is 2. The standard InChI is InChI=1S/C20H16O2P.C12H11P.C9H9O2.2Y/c1-22-20(21)18-14-8-9-15-19(18)23(16-10-4-2-5-11-16)17-12-6-3-7-13-17;1-3-7-11(8-4-1)13-12-9-5-2-6-10-12;1-7-5-3-4-6-8(7)9(10)11-2;;/h2-8,10-15H,1H3;1-10,13H;4-6H,1-2H3;;/q-1;;-1;;. The Balaban J connectivity index is 0.000000273.